The van der Waals surface area contributed by atoms with E-state index in [1.807, 2.05) is 0 Å². The molecule has 1 heterocycles. The van der Waals surface area contributed by atoms with Crippen molar-refractivity contribution in [3.8, 4) is 0 Å². The lowest BCUT2D eigenvalue weighted by atomic mass is 9.99. The second kappa shape index (κ2) is 4.59. The highest BCUT2D eigenvalue weighted by Crippen LogP contribution is 2.21. The van der Waals surface area contributed by atoms with Crippen LogP contribution in [-0.2, 0) is 0 Å². The minimum atomic E-state index is -0.576. The average molecular weight is 234 g/mol. The summed E-state index contributed by atoms with van der Waals surface area (Å²) < 4.78 is 26.2. The largest absolute Gasteiger partial charge is 0.320 e. The standard InChI is InChI=1S/C13H12F2N2/c1-8-2-9(4-11(14)3-8)13(16)10-5-12(15)7-17-6-10/h2-7,13H,16H2,1H3. The van der Waals surface area contributed by atoms with Crippen molar-refractivity contribution in [2.75, 3.05) is 0 Å². The Hall–Kier alpha value is -1.81. The fourth-order valence-electron chi connectivity index (χ4n) is 1.73. The quantitative estimate of drug-likeness (QED) is 0.867. The Morgan fingerprint density at radius 2 is 1.71 bits per heavy atom. The van der Waals surface area contributed by atoms with E-state index >= 15 is 0 Å². The minimum Gasteiger partial charge on any atom is -0.320 e. The van der Waals surface area contributed by atoms with Crippen LogP contribution in [0.3, 0.4) is 0 Å². The first-order valence-electron chi connectivity index (χ1n) is 5.19. The number of benzene rings is 1. The molecule has 0 saturated heterocycles. The number of hydrogen-bond donors (Lipinski definition) is 1. The third-order valence-electron chi connectivity index (χ3n) is 2.51. The van der Waals surface area contributed by atoms with E-state index in [0.717, 1.165) is 11.8 Å². The molecule has 0 fully saturated rings. The molecule has 0 radical (unpaired) electrons. The molecule has 1 aromatic heterocycles. The van der Waals surface area contributed by atoms with Gasteiger partial charge in [0.1, 0.15) is 11.6 Å². The number of rotatable bonds is 2. The van der Waals surface area contributed by atoms with Crippen LogP contribution in [0.4, 0.5) is 8.78 Å². The molecule has 0 aliphatic rings. The summed E-state index contributed by atoms with van der Waals surface area (Å²) in [5.74, 6) is -0.800. The Bertz CT molecular complexity index is 520. The van der Waals surface area contributed by atoms with Crippen molar-refractivity contribution in [3.05, 3.63) is 65.0 Å². The first-order chi connectivity index (χ1) is 8.06. The number of halogens is 2. The van der Waals surface area contributed by atoms with Gasteiger partial charge in [0.2, 0.25) is 0 Å². The molecule has 2 nitrogen and oxygen atoms in total. The summed E-state index contributed by atoms with van der Waals surface area (Å²) >= 11 is 0. The first kappa shape index (κ1) is 11.7. The topological polar surface area (TPSA) is 38.9 Å². The Balaban J connectivity index is 2.39. The second-order valence-electron chi connectivity index (χ2n) is 3.98. The lowest BCUT2D eigenvalue weighted by Crippen LogP contribution is -2.13. The van der Waals surface area contributed by atoms with Crippen molar-refractivity contribution in [1.82, 2.24) is 4.98 Å². The van der Waals surface area contributed by atoms with Gasteiger partial charge in [0.15, 0.2) is 0 Å². The zero-order valence-corrected chi connectivity index (χ0v) is 9.32. The van der Waals surface area contributed by atoms with Crippen LogP contribution >= 0.6 is 0 Å². The van der Waals surface area contributed by atoms with Crippen LogP contribution in [0.25, 0.3) is 0 Å². The van der Waals surface area contributed by atoms with Crippen LogP contribution < -0.4 is 5.73 Å². The van der Waals surface area contributed by atoms with E-state index in [0.29, 0.717) is 11.1 Å². The van der Waals surface area contributed by atoms with Crippen molar-refractivity contribution >= 4 is 0 Å². The molecule has 0 aliphatic heterocycles. The van der Waals surface area contributed by atoms with Gasteiger partial charge in [-0.25, -0.2) is 8.78 Å². The van der Waals surface area contributed by atoms with Gasteiger partial charge in [-0.1, -0.05) is 6.07 Å². The fraction of sp³-hybridized carbons (Fsp3) is 0.154. The maximum Gasteiger partial charge on any atom is 0.141 e. The van der Waals surface area contributed by atoms with Crippen molar-refractivity contribution < 1.29 is 8.78 Å². The highest BCUT2D eigenvalue weighted by Gasteiger charge is 2.11. The SMILES string of the molecule is Cc1cc(F)cc(C(N)c2cncc(F)c2)c1. The first-order valence-corrected chi connectivity index (χ1v) is 5.19. The predicted molar refractivity (Wildman–Crippen MR) is 61.4 cm³/mol. The molecule has 1 unspecified atom stereocenters. The molecule has 0 aliphatic carbocycles. The molecular formula is C13H12F2N2. The third kappa shape index (κ3) is 2.65. The Morgan fingerprint density at radius 3 is 2.35 bits per heavy atom. The molecule has 0 amide bonds. The molecule has 4 heteroatoms. The van der Waals surface area contributed by atoms with Gasteiger partial charge >= 0.3 is 0 Å². The van der Waals surface area contributed by atoms with E-state index < -0.39 is 11.9 Å². The summed E-state index contributed by atoms with van der Waals surface area (Å²) in [6, 6.07) is 5.27. The van der Waals surface area contributed by atoms with Crippen LogP contribution in [0.2, 0.25) is 0 Å². The molecule has 1 aromatic carbocycles. The van der Waals surface area contributed by atoms with Gasteiger partial charge < -0.3 is 5.73 Å². The lowest BCUT2D eigenvalue weighted by molar-refractivity contribution is 0.614. The highest BCUT2D eigenvalue weighted by atomic mass is 19.1. The Labute approximate surface area is 98.1 Å². The average Bonchev–Trinajstić information content (AvgIpc) is 2.26. The number of aromatic nitrogens is 1. The molecule has 2 N–H and O–H groups in total. The van der Waals surface area contributed by atoms with E-state index in [9.17, 15) is 8.78 Å². The number of hydrogen-bond acceptors (Lipinski definition) is 2. The van der Waals surface area contributed by atoms with E-state index in [1.54, 1.807) is 13.0 Å². The van der Waals surface area contributed by atoms with Crippen molar-refractivity contribution in [1.29, 1.82) is 0 Å². The van der Waals surface area contributed by atoms with E-state index in [4.69, 9.17) is 5.73 Å². The summed E-state index contributed by atoms with van der Waals surface area (Å²) in [4.78, 5) is 3.73. The van der Waals surface area contributed by atoms with Crippen molar-refractivity contribution in [2.24, 2.45) is 5.73 Å². The monoisotopic (exact) mass is 234 g/mol. The van der Waals surface area contributed by atoms with Gasteiger partial charge in [-0.3, -0.25) is 4.98 Å². The van der Waals surface area contributed by atoms with Crippen LogP contribution in [0.1, 0.15) is 22.7 Å². The number of pyridine rings is 1. The summed E-state index contributed by atoms with van der Waals surface area (Å²) in [7, 11) is 0. The minimum absolute atomic E-state index is 0.347. The van der Waals surface area contributed by atoms with Crippen molar-refractivity contribution in [3.63, 3.8) is 0 Å². The van der Waals surface area contributed by atoms with Crippen molar-refractivity contribution in [2.45, 2.75) is 13.0 Å². The summed E-state index contributed by atoms with van der Waals surface area (Å²) in [6.07, 6.45) is 2.58. The van der Waals surface area contributed by atoms with Crippen LogP contribution in [0, 0.1) is 18.6 Å². The van der Waals surface area contributed by atoms with Gasteiger partial charge in [0, 0.05) is 6.20 Å². The number of aryl methyl sites for hydroxylation is 1. The smallest absolute Gasteiger partial charge is 0.141 e. The number of nitrogens with zero attached hydrogens (tertiary/aromatic N) is 1. The van der Waals surface area contributed by atoms with Gasteiger partial charge in [-0.15, -0.1) is 0 Å². The van der Waals surface area contributed by atoms with Gasteiger partial charge in [0.05, 0.1) is 12.2 Å². The molecule has 17 heavy (non-hydrogen) atoms. The molecule has 2 rings (SSSR count). The zero-order valence-electron chi connectivity index (χ0n) is 9.32. The summed E-state index contributed by atoms with van der Waals surface area (Å²) in [6.45, 7) is 1.78. The van der Waals surface area contributed by atoms with E-state index in [1.165, 1.54) is 24.4 Å². The molecule has 1 atom stereocenters. The van der Waals surface area contributed by atoms with Crippen LogP contribution in [-0.4, -0.2) is 4.98 Å². The lowest BCUT2D eigenvalue weighted by Gasteiger charge is -2.13. The fourth-order valence-corrected chi connectivity index (χ4v) is 1.73. The molecule has 0 spiro atoms. The summed E-state index contributed by atoms with van der Waals surface area (Å²) in [5.41, 5.74) is 7.86. The van der Waals surface area contributed by atoms with Gasteiger partial charge in [-0.05, 0) is 41.8 Å². The normalized spacial score (nSPS) is 12.5. The highest BCUT2D eigenvalue weighted by molar-refractivity contribution is 5.32. The predicted octanol–water partition coefficient (Wildman–Crippen LogP) is 2.72. The zero-order chi connectivity index (χ0) is 12.4. The summed E-state index contributed by atoms with van der Waals surface area (Å²) in [5, 5.41) is 0. The maximum absolute atomic E-state index is 13.2. The molecule has 0 saturated carbocycles. The third-order valence-corrected chi connectivity index (χ3v) is 2.51. The van der Waals surface area contributed by atoms with Gasteiger partial charge in [-0.2, -0.15) is 0 Å². The Kier molecular flexibility index (Phi) is 3.15. The van der Waals surface area contributed by atoms with E-state index in [2.05, 4.69) is 4.98 Å². The molecule has 2 aromatic rings. The van der Waals surface area contributed by atoms with Crippen LogP contribution in [0.5, 0.6) is 0 Å². The maximum atomic E-state index is 13.2. The second-order valence-corrected chi connectivity index (χ2v) is 3.98. The van der Waals surface area contributed by atoms with Crippen LogP contribution in [0.15, 0.2) is 36.7 Å². The molecule has 0 bridgehead atoms. The molecular weight excluding hydrogens is 222 g/mol. The Morgan fingerprint density at radius 1 is 1.00 bits per heavy atom. The number of nitrogens with two attached hydrogens (primary N) is 1. The molecule has 88 valence electrons. The van der Waals surface area contributed by atoms with Gasteiger partial charge in [0.25, 0.3) is 0 Å². The van der Waals surface area contributed by atoms with E-state index in [-0.39, 0.29) is 5.82 Å².